The number of nitrogens with zero attached hydrogens (tertiary/aromatic N) is 1. The van der Waals surface area contributed by atoms with E-state index >= 15 is 0 Å². The summed E-state index contributed by atoms with van der Waals surface area (Å²) in [4.78, 5) is 0.410. The molecule has 4 heteroatoms. The van der Waals surface area contributed by atoms with E-state index < -0.39 is 10.0 Å². The van der Waals surface area contributed by atoms with E-state index in [1.807, 2.05) is 28.6 Å². The van der Waals surface area contributed by atoms with Crippen molar-refractivity contribution in [3.05, 3.63) is 65.7 Å². The van der Waals surface area contributed by atoms with E-state index in [0.29, 0.717) is 17.4 Å². The normalized spacial score (nSPS) is 23.3. The van der Waals surface area contributed by atoms with Crippen LogP contribution < -0.4 is 0 Å². The summed E-state index contributed by atoms with van der Waals surface area (Å²) in [5.74, 6) is 0.380. The first-order valence-electron chi connectivity index (χ1n) is 9.19. The van der Waals surface area contributed by atoms with Gasteiger partial charge in [0.15, 0.2) is 0 Å². The first-order chi connectivity index (χ1) is 12.0. The van der Waals surface area contributed by atoms with Gasteiger partial charge < -0.3 is 0 Å². The Bertz CT molecular complexity index is 854. The van der Waals surface area contributed by atoms with Crippen molar-refractivity contribution in [3.8, 4) is 0 Å². The van der Waals surface area contributed by atoms with E-state index in [0.717, 1.165) is 37.7 Å². The lowest BCUT2D eigenvalue weighted by atomic mass is 9.84. The third-order valence-electron chi connectivity index (χ3n) is 5.98. The highest BCUT2D eigenvalue weighted by atomic mass is 32.2. The molecule has 2 aliphatic rings. The first-order valence-corrected chi connectivity index (χ1v) is 10.6. The Morgan fingerprint density at radius 1 is 0.960 bits per heavy atom. The van der Waals surface area contributed by atoms with Crippen LogP contribution in [0.1, 0.15) is 56.1 Å². The zero-order chi connectivity index (χ0) is 17.5. The summed E-state index contributed by atoms with van der Waals surface area (Å²) in [5.41, 5.74) is 2.21. The van der Waals surface area contributed by atoms with Crippen LogP contribution in [0.3, 0.4) is 0 Å². The second kappa shape index (κ2) is 6.26. The maximum absolute atomic E-state index is 13.5. The Kier molecular flexibility index (Phi) is 4.20. The Labute approximate surface area is 150 Å². The second-order valence-electron chi connectivity index (χ2n) is 7.56. The molecule has 1 saturated carbocycles. The van der Waals surface area contributed by atoms with Gasteiger partial charge in [-0.25, -0.2) is 8.42 Å². The third kappa shape index (κ3) is 2.81. The van der Waals surface area contributed by atoms with Crippen LogP contribution in [0.15, 0.2) is 59.5 Å². The molecule has 25 heavy (non-hydrogen) atoms. The third-order valence-corrected chi connectivity index (χ3v) is 7.95. The molecule has 2 aromatic carbocycles. The number of fused-ring (bicyclic) bond motifs is 1. The Morgan fingerprint density at radius 3 is 2.32 bits per heavy atom. The van der Waals surface area contributed by atoms with E-state index in [1.165, 1.54) is 5.56 Å². The van der Waals surface area contributed by atoms with Gasteiger partial charge in [0.05, 0.1) is 4.90 Å². The number of hydrogen-bond acceptors (Lipinski definition) is 2. The van der Waals surface area contributed by atoms with Crippen molar-refractivity contribution in [2.75, 3.05) is 0 Å². The molecule has 1 aliphatic heterocycles. The quantitative estimate of drug-likeness (QED) is 0.783. The smallest absolute Gasteiger partial charge is 0.207 e. The minimum atomic E-state index is -3.51. The average molecular weight is 356 g/mol. The molecule has 1 spiro atoms. The van der Waals surface area contributed by atoms with Crippen LogP contribution in [-0.2, 0) is 16.6 Å². The van der Waals surface area contributed by atoms with Crippen LogP contribution in [0.5, 0.6) is 0 Å². The number of benzene rings is 2. The lowest BCUT2D eigenvalue weighted by Gasteiger charge is -2.40. The molecule has 0 radical (unpaired) electrons. The molecular weight excluding hydrogens is 330 g/mol. The van der Waals surface area contributed by atoms with Crippen LogP contribution in [0.2, 0.25) is 0 Å². The van der Waals surface area contributed by atoms with Crippen LogP contribution in [0.4, 0.5) is 0 Å². The highest BCUT2D eigenvalue weighted by Gasteiger charge is 2.48. The van der Waals surface area contributed by atoms with Crippen molar-refractivity contribution in [1.29, 1.82) is 0 Å². The zero-order valence-corrected chi connectivity index (χ0v) is 15.5. The summed E-state index contributed by atoms with van der Waals surface area (Å²) in [6, 6.07) is 17.3. The molecule has 1 heterocycles. The summed E-state index contributed by atoms with van der Waals surface area (Å²) >= 11 is 0. The first kappa shape index (κ1) is 16.8. The van der Waals surface area contributed by atoms with Gasteiger partial charge in [-0.3, -0.25) is 0 Å². The highest BCUT2D eigenvalue weighted by Crippen LogP contribution is 2.48. The molecule has 0 unspecified atom stereocenters. The molecule has 0 N–H and O–H groups in total. The van der Waals surface area contributed by atoms with Crippen LogP contribution in [0, 0.1) is 0 Å². The maximum Gasteiger partial charge on any atom is 0.243 e. The van der Waals surface area contributed by atoms with Crippen molar-refractivity contribution in [2.24, 2.45) is 0 Å². The van der Waals surface area contributed by atoms with E-state index in [2.05, 4.69) is 25.1 Å². The van der Waals surface area contributed by atoms with Gasteiger partial charge >= 0.3 is 0 Å². The number of hydrogen-bond donors (Lipinski definition) is 0. The summed E-state index contributed by atoms with van der Waals surface area (Å²) in [6.07, 6.45) is 5.08. The van der Waals surface area contributed by atoms with Gasteiger partial charge in [0.2, 0.25) is 10.0 Å². The van der Waals surface area contributed by atoms with E-state index in [9.17, 15) is 8.42 Å². The summed E-state index contributed by atoms with van der Waals surface area (Å²) in [6.45, 7) is 2.73. The topological polar surface area (TPSA) is 37.4 Å². The fourth-order valence-corrected chi connectivity index (χ4v) is 6.64. The Hall–Kier alpha value is -1.65. The van der Waals surface area contributed by atoms with E-state index in [4.69, 9.17) is 0 Å². The van der Waals surface area contributed by atoms with Gasteiger partial charge in [-0.2, -0.15) is 4.31 Å². The predicted molar refractivity (Wildman–Crippen MR) is 99.8 cm³/mol. The predicted octanol–water partition coefficient (Wildman–Crippen LogP) is 4.70. The molecular formula is C21H25NO2S. The van der Waals surface area contributed by atoms with Crippen LogP contribution in [0.25, 0.3) is 0 Å². The van der Waals surface area contributed by atoms with Crippen LogP contribution >= 0.6 is 0 Å². The van der Waals surface area contributed by atoms with Gasteiger partial charge in [-0.05, 0) is 48.4 Å². The van der Waals surface area contributed by atoms with Crippen molar-refractivity contribution < 1.29 is 8.42 Å². The van der Waals surface area contributed by atoms with E-state index in [1.54, 1.807) is 12.1 Å². The van der Waals surface area contributed by atoms with Crippen molar-refractivity contribution in [1.82, 2.24) is 4.31 Å². The van der Waals surface area contributed by atoms with E-state index in [-0.39, 0.29) is 5.54 Å². The molecule has 0 saturated heterocycles. The lowest BCUT2D eigenvalue weighted by Crippen LogP contribution is -2.49. The van der Waals surface area contributed by atoms with Gasteiger partial charge in [0.1, 0.15) is 0 Å². The fraction of sp³-hybridized carbons (Fsp3) is 0.429. The minimum Gasteiger partial charge on any atom is -0.207 e. The standard InChI is InChI=1S/C21H25NO2S/c1-17-15-21(13-7-8-14-21)22(16-18-9-5-6-12-20(17)18)25(23,24)19-10-3-2-4-11-19/h2-6,9-12,17H,7-8,13-16H2,1H3/t17-/m1/s1. The molecule has 0 amide bonds. The van der Waals surface area contributed by atoms with Gasteiger partial charge in [-0.15, -0.1) is 0 Å². The summed E-state index contributed by atoms with van der Waals surface area (Å²) in [5, 5.41) is 0. The lowest BCUT2D eigenvalue weighted by molar-refractivity contribution is 0.169. The SMILES string of the molecule is C[C@@H]1CC2(CCCC2)N(S(=O)(=O)c2ccccc2)Cc2ccccc21. The number of sulfonamides is 1. The largest absolute Gasteiger partial charge is 0.243 e. The molecule has 0 aromatic heterocycles. The average Bonchev–Trinajstić information content (AvgIpc) is 3.04. The van der Waals surface area contributed by atoms with Crippen molar-refractivity contribution in [3.63, 3.8) is 0 Å². The summed E-state index contributed by atoms with van der Waals surface area (Å²) in [7, 11) is -3.51. The fourth-order valence-electron chi connectivity index (χ4n) is 4.81. The van der Waals surface area contributed by atoms with Crippen molar-refractivity contribution in [2.45, 2.75) is 61.9 Å². The molecule has 1 atom stereocenters. The molecule has 1 aliphatic carbocycles. The Morgan fingerprint density at radius 2 is 1.60 bits per heavy atom. The van der Waals surface area contributed by atoms with Crippen LogP contribution in [-0.4, -0.2) is 18.3 Å². The monoisotopic (exact) mass is 355 g/mol. The zero-order valence-electron chi connectivity index (χ0n) is 14.7. The molecule has 4 rings (SSSR count). The van der Waals surface area contributed by atoms with Crippen molar-refractivity contribution >= 4 is 10.0 Å². The molecule has 1 fully saturated rings. The number of rotatable bonds is 2. The molecule has 2 aromatic rings. The molecule has 132 valence electrons. The Balaban J connectivity index is 1.86. The second-order valence-corrected chi connectivity index (χ2v) is 9.42. The van der Waals surface area contributed by atoms with Gasteiger partial charge in [-0.1, -0.05) is 62.2 Å². The highest BCUT2D eigenvalue weighted by molar-refractivity contribution is 7.89. The summed E-state index contributed by atoms with van der Waals surface area (Å²) < 4.78 is 28.9. The maximum atomic E-state index is 13.5. The minimum absolute atomic E-state index is 0.243. The van der Waals surface area contributed by atoms with Gasteiger partial charge in [0.25, 0.3) is 0 Å². The molecule has 0 bridgehead atoms. The molecule has 3 nitrogen and oxygen atoms in total. The van der Waals surface area contributed by atoms with Gasteiger partial charge in [0, 0.05) is 12.1 Å².